The van der Waals surface area contributed by atoms with Crippen LogP contribution >= 0.6 is 0 Å². The summed E-state index contributed by atoms with van der Waals surface area (Å²) in [5.41, 5.74) is -0.592. The van der Waals surface area contributed by atoms with Crippen molar-refractivity contribution in [2.75, 3.05) is 0 Å². The summed E-state index contributed by atoms with van der Waals surface area (Å²) in [5, 5.41) is 15.7. The molecule has 2 rings (SSSR count). The van der Waals surface area contributed by atoms with Gasteiger partial charge in [0, 0.05) is 12.6 Å². The smallest absolute Gasteiger partial charge is 0.315 e. The molecule has 0 radical (unpaired) electrons. The molecule has 0 saturated heterocycles. The molecule has 2 unspecified atom stereocenters. The molecule has 0 amide bonds. The van der Waals surface area contributed by atoms with Crippen molar-refractivity contribution in [3.8, 4) is 0 Å². The van der Waals surface area contributed by atoms with Crippen LogP contribution in [0.25, 0.3) is 0 Å². The first-order chi connectivity index (χ1) is 7.15. The first-order valence-corrected chi connectivity index (χ1v) is 5.02. The molecule has 5 heteroatoms. The van der Waals surface area contributed by atoms with E-state index in [1.807, 2.05) is 0 Å². The van der Waals surface area contributed by atoms with Gasteiger partial charge in [-0.15, -0.1) is 0 Å². The van der Waals surface area contributed by atoms with Crippen molar-refractivity contribution < 1.29 is 14.3 Å². The van der Waals surface area contributed by atoms with Gasteiger partial charge in [0.1, 0.15) is 11.6 Å². The Morgan fingerprint density at radius 3 is 3.07 bits per heavy atom. The van der Waals surface area contributed by atoms with E-state index in [1.54, 1.807) is 6.07 Å². The van der Waals surface area contributed by atoms with Gasteiger partial charge in [0.15, 0.2) is 0 Å². The van der Waals surface area contributed by atoms with E-state index < -0.39 is 17.6 Å². The third-order valence-corrected chi connectivity index (χ3v) is 3.12. The molecule has 2 N–H and O–H groups in total. The Balaban J connectivity index is 2.36. The van der Waals surface area contributed by atoms with E-state index >= 15 is 0 Å². The van der Waals surface area contributed by atoms with Crippen LogP contribution in [-0.2, 0) is 10.2 Å². The SMILES string of the molecule is O=C(O)C1(c2ccn[nH]2)CCCC(F)C1. The number of nitrogens with zero attached hydrogens (tertiary/aromatic N) is 1. The van der Waals surface area contributed by atoms with Gasteiger partial charge in [0.05, 0.1) is 5.69 Å². The minimum Gasteiger partial charge on any atom is -0.481 e. The molecule has 1 fully saturated rings. The molecule has 0 aliphatic heterocycles. The monoisotopic (exact) mass is 212 g/mol. The van der Waals surface area contributed by atoms with Crippen LogP contribution in [0, 0.1) is 0 Å². The fraction of sp³-hybridized carbons (Fsp3) is 0.600. The topological polar surface area (TPSA) is 66.0 Å². The number of aromatic amines is 1. The second-order valence-electron chi connectivity index (χ2n) is 4.05. The molecule has 2 atom stereocenters. The molecule has 0 spiro atoms. The minimum absolute atomic E-state index is 0.0462. The number of rotatable bonds is 2. The Morgan fingerprint density at radius 2 is 2.53 bits per heavy atom. The van der Waals surface area contributed by atoms with Crippen molar-refractivity contribution in [3.63, 3.8) is 0 Å². The predicted octanol–water partition coefficient (Wildman–Crippen LogP) is 1.64. The second kappa shape index (κ2) is 3.64. The van der Waals surface area contributed by atoms with E-state index in [2.05, 4.69) is 10.2 Å². The number of aliphatic carboxylic acids is 1. The number of carboxylic acid groups (broad SMARTS) is 1. The maximum atomic E-state index is 13.3. The van der Waals surface area contributed by atoms with Crippen LogP contribution < -0.4 is 0 Å². The summed E-state index contributed by atoms with van der Waals surface area (Å²) >= 11 is 0. The van der Waals surface area contributed by atoms with Crippen molar-refractivity contribution in [1.29, 1.82) is 0 Å². The highest BCUT2D eigenvalue weighted by atomic mass is 19.1. The molecule has 0 bridgehead atoms. The van der Waals surface area contributed by atoms with E-state index in [0.717, 1.165) is 0 Å². The van der Waals surface area contributed by atoms with Crippen LogP contribution in [0.4, 0.5) is 4.39 Å². The summed E-state index contributed by atoms with van der Waals surface area (Å²) in [5.74, 6) is -0.964. The molecular weight excluding hydrogens is 199 g/mol. The van der Waals surface area contributed by atoms with E-state index in [-0.39, 0.29) is 6.42 Å². The zero-order chi connectivity index (χ0) is 10.9. The molecule has 1 heterocycles. The summed E-state index contributed by atoms with van der Waals surface area (Å²) in [4.78, 5) is 11.3. The Labute approximate surface area is 86.5 Å². The van der Waals surface area contributed by atoms with Crippen LogP contribution in [0.5, 0.6) is 0 Å². The Kier molecular flexibility index (Phi) is 2.46. The highest BCUT2D eigenvalue weighted by Crippen LogP contribution is 2.39. The van der Waals surface area contributed by atoms with Crippen LogP contribution in [-0.4, -0.2) is 27.4 Å². The van der Waals surface area contributed by atoms with Gasteiger partial charge in [0.25, 0.3) is 0 Å². The molecule has 1 aliphatic carbocycles. The van der Waals surface area contributed by atoms with Crippen LogP contribution in [0.3, 0.4) is 0 Å². The maximum absolute atomic E-state index is 13.3. The quantitative estimate of drug-likeness (QED) is 0.783. The lowest BCUT2D eigenvalue weighted by molar-refractivity contribution is -0.146. The standard InChI is InChI=1S/C10H13FN2O2/c11-7-2-1-4-10(6-7,9(14)15)8-3-5-12-13-8/h3,5,7H,1-2,4,6H2,(H,12,13)(H,14,15). The number of carboxylic acids is 1. The average molecular weight is 212 g/mol. The van der Waals surface area contributed by atoms with Gasteiger partial charge >= 0.3 is 5.97 Å². The lowest BCUT2D eigenvalue weighted by atomic mass is 9.71. The van der Waals surface area contributed by atoms with Crippen molar-refractivity contribution in [1.82, 2.24) is 10.2 Å². The molecule has 1 aromatic rings. The van der Waals surface area contributed by atoms with Crippen LogP contribution in [0.1, 0.15) is 31.4 Å². The Hall–Kier alpha value is -1.39. The van der Waals surface area contributed by atoms with Crippen LogP contribution in [0.15, 0.2) is 12.3 Å². The van der Waals surface area contributed by atoms with Gasteiger partial charge in [-0.3, -0.25) is 9.89 Å². The summed E-state index contributed by atoms with van der Waals surface area (Å²) in [6.45, 7) is 0. The van der Waals surface area contributed by atoms with Crippen molar-refractivity contribution >= 4 is 5.97 Å². The van der Waals surface area contributed by atoms with Gasteiger partial charge in [0.2, 0.25) is 0 Å². The van der Waals surface area contributed by atoms with Crippen molar-refractivity contribution in [3.05, 3.63) is 18.0 Å². The average Bonchev–Trinajstić information content (AvgIpc) is 2.70. The Bertz CT molecular complexity index is 352. The van der Waals surface area contributed by atoms with Gasteiger partial charge < -0.3 is 5.11 Å². The molecule has 1 aliphatic rings. The third kappa shape index (κ3) is 1.62. The molecule has 1 aromatic heterocycles. The number of aromatic nitrogens is 2. The third-order valence-electron chi connectivity index (χ3n) is 3.12. The summed E-state index contributed by atoms with van der Waals surface area (Å²) in [6, 6.07) is 1.62. The van der Waals surface area contributed by atoms with Gasteiger partial charge in [-0.1, -0.05) is 0 Å². The van der Waals surface area contributed by atoms with Gasteiger partial charge in [-0.2, -0.15) is 5.10 Å². The lowest BCUT2D eigenvalue weighted by Gasteiger charge is -2.33. The van der Waals surface area contributed by atoms with Gasteiger partial charge in [-0.05, 0) is 25.3 Å². The summed E-state index contributed by atoms with van der Waals surface area (Å²) < 4.78 is 13.3. The largest absolute Gasteiger partial charge is 0.481 e. The number of hydrogen-bond acceptors (Lipinski definition) is 2. The zero-order valence-corrected chi connectivity index (χ0v) is 8.24. The lowest BCUT2D eigenvalue weighted by Crippen LogP contribution is -2.41. The fourth-order valence-electron chi connectivity index (χ4n) is 2.28. The summed E-state index contributed by atoms with van der Waals surface area (Å²) in [7, 11) is 0. The number of hydrogen-bond donors (Lipinski definition) is 2. The number of H-pyrrole nitrogens is 1. The highest BCUT2D eigenvalue weighted by molar-refractivity contribution is 5.80. The summed E-state index contributed by atoms with van der Waals surface area (Å²) in [6.07, 6.45) is 2.06. The molecule has 1 saturated carbocycles. The highest BCUT2D eigenvalue weighted by Gasteiger charge is 2.45. The zero-order valence-electron chi connectivity index (χ0n) is 8.24. The van der Waals surface area contributed by atoms with Gasteiger partial charge in [-0.25, -0.2) is 4.39 Å². The van der Waals surface area contributed by atoms with E-state index in [0.29, 0.717) is 25.0 Å². The molecule has 4 nitrogen and oxygen atoms in total. The maximum Gasteiger partial charge on any atom is 0.315 e. The number of nitrogens with one attached hydrogen (secondary N) is 1. The second-order valence-corrected chi connectivity index (χ2v) is 4.05. The number of carbonyl (C=O) groups is 1. The minimum atomic E-state index is -1.10. The number of halogens is 1. The van der Waals surface area contributed by atoms with E-state index in [4.69, 9.17) is 0 Å². The molecule has 0 aromatic carbocycles. The first-order valence-electron chi connectivity index (χ1n) is 5.02. The van der Waals surface area contributed by atoms with E-state index in [9.17, 15) is 14.3 Å². The Morgan fingerprint density at radius 1 is 1.73 bits per heavy atom. The normalized spacial score (nSPS) is 31.4. The predicted molar refractivity (Wildman–Crippen MR) is 51.3 cm³/mol. The molecular formula is C10H13FN2O2. The van der Waals surface area contributed by atoms with E-state index in [1.165, 1.54) is 6.20 Å². The molecule has 82 valence electrons. The van der Waals surface area contributed by atoms with Crippen LogP contribution in [0.2, 0.25) is 0 Å². The fourth-order valence-corrected chi connectivity index (χ4v) is 2.28. The van der Waals surface area contributed by atoms with Crippen molar-refractivity contribution in [2.24, 2.45) is 0 Å². The van der Waals surface area contributed by atoms with Crippen molar-refractivity contribution in [2.45, 2.75) is 37.3 Å². The number of alkyl halides is 1. The molecule has 15 heavy (non-hydrogen) atoms. The first kappa shape index (κ1) is 10.1.